The average Bonchev–Trinajstić information content (AvgIpc) is 3.55. The minimum atomic E-state index is -1.59. The summed E-state index contributed by atoms with van der Waals surface area (Å²) in [5.74, 6) is -8.16. The second-order valence-corrected chi connectivity index (χ2v) is 14.6. The summed E-state index contributed by atoms with van der Waals surface area (Å²) in [6, 6.07) is -9.12. The third-order valence-corrected chi connectivity index (χ3v) is 8.61. The highest BCUT2D eigenvalue weighted by Crippen LogP contribution is 2.20. The van der Waals surface area contributed by atoms with E-state index in [0.717, 1.165) is 0 Å². The summed E-state index contributed by atoms with van der Waals surface area (Å²) in [5, 5.41) is 50.9. The fourth-order valence-electron chi connectivity index (χ4n) is 5.75. The number of aliphatic hydroxyl groups excluding tert-OH is 2. The number of aliphatic carboxylic acids is 2. The minimum absolute atomic E-state index is 0.0319. The van der Waals surface area contributed by atoms with Crippen LogP contribution in [-0.2, 0) is 38.4 Å². The van der Waals surface area contributed by atoms with Gasteiger partial charge in [0.05, 0.1) is 18.8 Å². The van der Waals surface area contributed by atoms with E-state index in [1.807, 2.05) is 0 Å². The van der Waals surface area contributed by atoms with Gasteiger partial charge in [-0.15, -0.1) is 0 Å². The zero-order valence-corrected chi connectivity index (χ0v) is 31.6. The van der Waals surface area contributed by atoms with E-state index in [2.05, 4.69) is 26.6 Å². The van der Waals surface area contributed by atoms with Gasteiger partial charge in [0, 0.05) is 13.0 Å². The molecule has 1 fully saturated rings. The Balaban J connectivity index is 3.08. The maximum absolute atomic E-state index is 13.4. The summed E-state index contributed by atoms with van der Waals surface area (Å²) >= 11 is 0. The normalized spacial score (nSPS) is 18.3. The molecule has 19 nitrogen and oxygen atoms in total. The standard InChI is InChI=1S/C34H59N7O12/c1-16(2)13-21(28(46)40-27(19(7)43)32(50)37-22(34(52)53)14-17(3)4)36-29(47)23(15-42)38-31(49)26(18(5)6)39-30(48)24-9-8-12-41(24)33(51)20(35)10-11-25(44)45/h16-24,26-27,42-43H,8-15,35H2,1-7H3,(H,36,47)(H,37,50)(H,38,49)(H,39,48)(H,40,46)(H,44,45)(H,52,53)/t19?,20-,21-,22-,23-,24-,26-,27-/m0/s1. The molecule has 0 bridgehead atoms. The molecule has 1 unspecified atom stereocenters. The van der Waals surface area contributed by atoms with Gasteiger partial charge in [0.2, 0.25) is 35.4 Å². The summed E-state index contributed by atoms with van der Waals surface area (Å²) < 4.78 is 0. The van der Waals surface area contributed by atoms with Crippen molar-refractivity contribution in [2.75, 3.05) is 13.2 Å². The van der Waals surface area contributed by atoms with E-state index in [9.17, 15) is 53.7 Å². The van der Waals surface area contributed by atoms with E-state index in [1.54, 1.807) is 41.5 Å². The molecule has 1 heterocycles. The summed E-state index contributed by atoms with van der Waals surface area (Å²) in [7, 11) is 0. The molecule has 1 saturated heterocycles. The van der Waals surface area contributed by atoms with Crippen LogP contribution < -0.4 is 32.3 Å². The van der Waals surface area contributed by atoms with Crippen molar-refractivity contribution >= 4 is 47.4 Å². The van der Waals surface area contributed by atoms with E-state index in [4.69, 9.17) is 10.8 Å². The smallest absolute Gasteiger partial charge is 0.326 e. The van der Waals surface area contributed by atoms with Gasteiger partial charge in [-0.05, 0) is 56.8 Å². The van der Waals surface area contributed by atoms with Crippen molar-refractivity contribution in [1.29, 1.82) is 0 Å². The molecule has 0 radical (unpaired) electrons. The van der Waals surface area contributed by atoms with Crippen molar-refractivity contribution in [3.05, 3.63) is 0 Å². The first kappa shape index (κ1) is 46.7. The van der Waals surface area contributed by atoms with Gasteiger partial charge in [-0.25, -0.2) is 4.79 Å². The molecule has 0 aliphatic carbocycles. The third-order valence-electron chi connectivity index (χ3n) is 8.61. The predicted octanol–water partition coefficient (Wildman–Crippen LogP) is -2.20. The average molecular weight is 758 g/mol. The third kappa shape index (κ3) is 15.3. The van der Waals surface area contributed by atoms with Crippen LogP contribution >= 0.6 is 0 Å². The SMILES string of the molecule is CC(C)C[C@H](NC(=O)[C@@H](NC(=O)[C@H](CC(C)C)NC(=O)[C@H](CO)NC(=O)[C@@H](NC(=O)[C@@H]1CCCN1C(=O)[C@@H](N)CCC(=O)O)C(C)C)C(C)O)C(=O)O. The topological polar surface area (TPSA) is 307 Å². The molecule has 0 aromatic carbocycles. The molecule has 302 valence electrons. The number of hydrogen-bond donors (Lipinski definition) is 10. The van der Waals surface area contributed by atoms with Crippen LogP contribution in [0.3, 0.4) is 0 Å². The van der Waals surface area contributed by atoms with Crippen LogP contribution in [0.15, 0.2) is 0 Å². The first-order valence-electron chi connectivity index (χ1n) is 17.9. The van der Waals surface area contributed by atoms with Crippen LogP contribution in [0.1, 0.15) is 87.0 Å². The van der Waals surface area contributed by atoms with Gasteiger partial charge in [-0.3, -0.25) is 33.6 Å². The number of aliphatic hydroxyl groups is 2. The van der Waals surface area contributed by atoms with Crippen LogP contribution in [-0.4, -0.2) is 134 Å². The molecule has 1 aliphatic rings. The molecule has 0 aromatic rings. The second-order valence-electron chi connectivity index (χ2n) is 14.6. The van der Waals surface area contributed by atoms with Gasteiger partial charge >= 0.3 is 11.9 Å². The molecular formula is C34H59N7O12. The number of nitrogens with zero attached hydrogens (tertiary/aromatic N) is 1. The van der Waals surface area contributed by atoms with Crippen molar-refractivity contribution in [3.63, 3.8) is 0 Å². The second kappa shape index (κ2) is 22.0. The van der Waals surface area contributed by atoms with E-state index in [-0.39, 0.29) is 50.5 Å². The summed E-state index contributed by atoms with van der Waals surface area (Å²) in [4.78, 5) is 103. The summed E-state index contributed by atoms with van der Waals surface area (Å²) in [6.07, 6.45) is -1.05. The Morgan fingerprint density at radius 2 is 1.23 bits per heavy atom. The Bertz CT molecular complexity index is 1310. The Hall–Kier alpha value is -4.36. The van der Waals surface area contributed by atoms with Gasteiger partial charge in [0.1, 0.15) is 36.3 Å². The predicted molar refractivity (Wildman–Crippen MR) is 189 cm³/mol. The Morgan fingerprint density at radius 1 is 0.717 bits per heavy atom. The van der Waals surface area contributed by atoms with Crippen LogP contribution in [0, 0.1) is 17.8 Å². The first-order chi connectivity index (χ1) is 24.6. The first-order valence-corrected chi connectivity index (χ1v) is 17.9. The van der Waals surface area contributed by atoms with Crippen LogP contribution in [0.25, 0.3) is 0 Å². The zero-order chi connectivity index (χ0) is 40.7. The fraction of sp³-hybridized carbons (Fsp3) is 0.765. The number of likely N-dealkylation sites (tertiary alicyclic amines) is 1. The number of carboxylic acids is 2. The highest BCUT2D eigenvalue weighted by molar-refractivity contribution is 5.97. The molecule has 19 heteroatoms. The van der Waals surface area contributed by atoms with Crippen molar-refractivity contribution in [1.82, 2.24) is 31.5 Å². The summed E-state index contributed by atoms with van der Waals surface area (Å²) in [5.41, 5.74) is 5.89. The maximum Gasteiger partial charge on any atom is 0.326 e. The van der Waals surface area contributed by atoms with Crippen molar-refractivity contribution in [3.8, 4) is 0 Å². The molecule has 0 saturated carbocycles. The Morgan fingerprint density at radius 3 is 1.72 bits per heavy atom. The molecular weight excluding hydrogens is 698 g/mol. The largest absolute Gasteiger partial charge is 0.481 e. The molecule has 11 N–H and O–H groups in total. The highest BCUT2D eigenvalue weighted by atomic mass is 16.4. The lowest BCUT2D eigenvalue weighted by Gasteiger charge is -2.30. The monoisotopic (exact) mass is 757 g/mol. The number of nitrogens with two attached hydrogens (primary N) is 1. The van der Waals surface area contributed by atoms with E-state index in [1.165, 1.54) is 11.8 Å². The van der Waals surface area contributed by atoms with Gasteiger partial charge in [0.15, 0.2) is 0 Å². The van der Waals surface area contributed by atoms with E-state index in [0.29, 0.717) is 6.42 Å². The number of rotatable bonds is 22. The summed E-state index contributed by atoms with van der Waals surface area (Å²) in [6.45, 7) is 10.8. The van der Waals surface area contributed by atoms with Crippen LogP contribution in [0.4, 0.5) is 0 Å². The minimum Gasteiger partial charge on any atom is -0.481 e. The molecule has 0 aromatic heterocycles. The lowest BCUT2D eigenvalue weighted by molar-refractivity contribution is -0.143. The lowest BCUT2D eigenvalue weighted by Crippen LogP contribution is -2.62. The van der Waals surface area contributed by atoms with Gasteiger partial charge in [-0.1, -0.05) is 41.5 Å². The number of carbonyl (C=O) groups is 8. The number of amides is 6. The van der Waals surface area contributed by atoms with Crippen molar-refractivity contribution in [2.45, 2.75) is 135 Å². The quantitative estimate of drug-likeness (QED) is 0.0562. The van der Waals surface area contributed by atoms with Crippen LogP contribution in [0.2, 0.25) is 0 Å². The van der Waals surface area contributed by atoms with Crippen molar-refractivity contribution < 1.29 is 58.8 Å². The molecule has 1 rings (SSSR count). The van der Waals surface area contributed by atoms with Crippen LogP contribution in [0.5, 0.6) is 0 Å². The molecule has 6 amide bonds. The van der Waals surface area contributed by atoms with E-state index < -0.39 is 108 Å². The fourth-order valence-corrected chi connectivity index (χ4v) is 5.75. The number of hydrogen-bond acceptors (Lipinski definition) is 11. The molecule has 53 heavy (non-hydrogen) atoms. The number of carbonyl (C=O) groups excluding carboxylic acids is 6. The van der Waals surface area contributed by atoms with Gasteiger partial charge in [0.25, 0.3) is 0 Å². The Kier molecular flexibility index (Phi) is 19.4. The number of carboxylic acid groups (broad SMARTS) is 2. The van der Waals surface area contributed by atoms with Gasteiger partial charge in [-0.2, -0.15) is 0 Å². The molecule has 1 aliphatic heterocycles. The molecule has 0 spiro atoms. The molecule has 8 atom stereocenters. The Labute approximate surface area is 309 Å². The maximum atomic E-state index is 13.4. The highest BCUT2D eigenvalue weighted by Gasteiger charge is 2.39. The number of nitrogens with one attached hydrogen (secondary N) is 5. The van der Waals surface area contributed by atoms with Gasteiger partial charge < -0.3 is 57.6 Å². The lowest BCUT2D eigenvalue weighted by atomic mass is 10.0. The zero-order valence-electron chi connectivity index (χ0n) is 31.6. The van der Waals surface area contributed by atoms with E-state index >= 15 is 0 Å². The van der Waals surface area contributed by atoms with Crippen molar-refractivity contribution in [2.24, 2.45) is 23.5 Å².